The van der Waals surface area contributed by atoms with E-state index in [4.69, 9.17) is 5.73 Å². The summed E-state index contributed by atoms with van der Waals surface area (Å²) in [5.74, 6) is -0.332. The number of thiazole rings is 1. The number of aromatic nitrogens is 4. The van der Waals surface area contributed by atoms with Gasteiger partial charge in [-0.1, -0.05) is 29.5 Å². The third-order valence-corrected chi connectivity index (χ3v) is 7.61. The smallest absolute Gasteiger partial charge is 0.276 e. The highest BCUT2D eigenvalue weighted by Crippen LogP contribution is 2.42. The van der Waals surface area contributed by atoms with Gasteiger partial charge >= 0.3 is 0 Å². The van der Waals surface area contributed by atoms with Crippen molar-refractivity contribution in [2.24, 2.45) is 5.16 Å². The van der Waals surface area contributed by atoms with Crippen LogP contribution >= 0.6 is 47.5 Å². The number of thiol groups is 1. The zero-order valence-corrected chi connectivity index (χ0v) is 18.7. The Kier molecular flexibility index (Phi) is 6.22. The molecular weight excluding hydrogens is 484 g/mol. The maximum absolute atomic E-state index is 12.8. The van der Waals surface area contributed by atoms with Crippen LogP contribution in [0.25, 0.3) is 0 Å². The van der Waals surface area contributed by atoms with E-state index in [2.05, 4.69) is 43.5 Å². The van der Waals surface area contributed by atoms with Crippen molar-refractivity contribution in [1.82, 2.24) is 30.6 Å². The Hall–Kier alpha value is -2.56. The van der Waals surface area contributed by atoms with Crippen LogP contribution in [0.2, 0.25) is 0 Å². The lowest BCUT2D eigenvalue weighted by Gasteiger charge is -2.49. The number of anilines is 1. The molecule has 1 fully saturated rings. The lowest BCUT2D eigenvalue weighted by Crippen LogP contribution is -2.71. The third kappa shape index (κ3) is 4.15. The SMILES string of the molecule is Nc1nc(/C(=N/O)C(=O)N[C@@H]2C(=O)N3C(C(=O)S)=C(CSc4cn[nH]n4)CS[C@H]23)cs1. The number of nitrogens with one attached hydrogen (secondary N) is 2. The molecule has 5 N–H and O–H groups in total. The number of hydrogen-bond acceptors (Lipinski definition) is 12. The fraction of sp³-hybridized carbons (Fsp3) is 0.267. The number of nitrogens with two attached hydrogens (primary N) is 1. The Morgan fingerprint density at radius 2 is 2.32 bits per heavy atom. The minimum atomic E-state index is -0.891. The van der Waals surface area contributed by atoms with E-state index in [-0.39, 0.29) is 22.2 Å². The molecule has 0 aliphatic carbocycles. The Balaban J connectivity index is 1.48. The second kappa shape index (κ2) is 8.89. The topological polar surface area (TPSA) is 180 Å². The zero-order chi connectivity index (χ0) is 22.1. The molecule has 1 saturated heterocycles. The van der Waals surface area contributed by atoms with Gasteiger partial charge in [0.05, 0.1) is 6.20 Å². The lowest BCUT2D eigenvalue weighted by molar-refractivity contribution is -0.146. The highest BCUT2D eigenvalue weighted by Gasteiger charge is 2.53. The van der Waals surface area contributed by atoms with Gasteiger partial charge in [0.15, 0.2) is 10.8 Å². The first-order valence-electron chi connectivity index (χ1n) is 8.53. The number of aromatic amines is 1. The fourth-order valence-electron chi connectivity index (χ4n) is 3.03. The van der Waals surface area contributed by atoms with E-state index in [0.717, 1.165) is 16.9 Å². The summed E-state index contributed by atoms with van der Waals surface area (Å²) >= 11 is 7.80. The molecule has 2 atom stereocenters. The van der Waals surface area contributed by atoms with E-state index >= 15 is 0 Å². The van der Waals surface area contributed by atoms with Gasteiger partial charge < -0.3 is 16.3 Å². The second-order valence-electron chi connectivity index (χ2n) is 6.23. The summed E-state index contributed by atoms with van der Waals surface area (Å²) in [6.45, 7) is 0. The van der Waals surface area contributed by atoms with Crippen molar-refractivity contribution >= 4 is 75.3 Å². The average Bonchev–Trinajstić information content (AvgIpc) is 3.42. The number of rotatable bonds is 7. The molecular formula is C15H14N8O4S4. The van der Waals surface area contributed by atoms with Gasteiger partial charge in [0.1, 0.15) is 27.8 Å². The predicted octanol–water partition coefficient (Wildman–Crippen LogP) is -0.0756. The van der Waals surface area contributed by atoms with Crippen molar-refractivity contribution < 1.29 is 19.6 Å². The molecule has 0 unspecified atom stereocenters. The van der Waals surface area contributed by atoms with Gasteiger partial charge in [-0.3, -0.25) is 19.3 Å². The Labute approximate surface area is 192 Å². The van der Waals surface area contributed by atoms with E-state index in [1.165, 1.54) is 33.8 Å². The van der Waals surface area contributed by atoms with Crippen LogP contribution in [-0.4, -0.2) is 76.1 Å². The predicted molar refractivity (Wildman–Crippen MR) is 118 cm³/mol. The van der Waals surface area contributed by atoms with Gasteiger partial charge in [0, 0.05) is 16.9 Å². The van der Waals surface area contributed by atoms with Gasteiger partial charge in [-0.25, -0.2) is 4.98 Å². The quantitative estimate of drug-likeness (QED) is 0.0865. The Morgan fingerprint density at radius 3 is 2.94 bits per heavy atom. The van der Waals surface area contributed by atoms with Crippen molar-refractivity contribution in [2.45, 2.75) is 16.4 Å². The highest BCUT2D eigenvalue weighted by atomic mass is 32.2. The minimum absolute atomic E-state index is 0.0979. The first-order valence-corrected chi connectivity index (χ1v) is 11.9. The number of hydrogen-bond donors (Lipinski definition) is 5. The molecule has 12 nitrogen and oxygen atoms in total. The number of β-lactam (4-membered cyclic amide) rings is 1. The normalized spacial score (nSPS) is 21.0. The Bertz CT molecular complexity index is 1100. The van der Waals surface area contributed by atoms with E-state index in [1.54, 1.807) is 6.20 Å². The molecule has 2 aliphatic heterocycles. The van der Waals surface area contributed by atoms with Crippen molar-refractivity contribution in [3.63, 3.8) is 0 Å². The molecule has 0 bridgehead atoms. The minimum Gasteiger partial charge on any atom is -0.410 e. The third-order valence-electron chi connectivity index (χ3n) is 4.40. The lowest BCUT2D eigenvalue weighted by atomic mass is 10.0. The van der Waals surface area contributed by atoms with E-state index in [1.807, 2.05) is 0 Å². The van der Waals surface area contributed by atoms with Gasteiger partial charge in [-0.05, 0) is 5.57 Å². The monoisotopic (exact) mass is 498 g/mol. The number of amides is 2. The molecule has 31 heavy (non-hydrogen) atoms. The number of nitrogens with zero attached hydrogens (tertiary/aromatic N) is 5. The van der Waals surface area contributed by atoms with E-state index in [9.17, 15) is 19.6 Å². The zero-order valence-electron chi connectivity index (χ0n) is 15.4. The van der Waals surface area contributed by atoms with E-state index < -0.39 is 28.3 Å². The number of H-pyrrole nitrogens is 1. The average molecular weight is 499 g/mol. The molecule has 16 heteroatoms. The maximum atomic E-state index is 12.8. The van der Waals surface area contributed by atoms with Crippen molar-refractivity contribution in [2.75, 3.05) is 17.2 Å². The van der Waals surface area contributed by atoms with Crippen LogP contribution in [0.3, 0.4) is 0 Å². The summed E-state index contributed by atoms with van der Waals surface area (Å²) in [6, 6.07) is -0.891. The summed E-state index contributed by atoms with van der Waals surface area (Å²) in [5, 5.41) is 26.3. The molecule has 2 amide bonds. The van der Waals surface area contributed by atoms with Crippen LogP contribution in [0.1, 0.15) is 5.69 Å². The largest absolute Gasteiger partial charge is 0.410 e. The van der Waals surface area contributed by atoms with Crippen molar-refractivity contribution in [1.29, 1.82) is 0 Å². The number of nitrogen functional groups attached to an aromatic ring is 1. The van der Waals surface area contributed by atoms with Gasteiger partial charge in [0.25, 0.3) is 11.8 Å². The standard InChI is InChI=1S/C15H14N8O4S4/c16-15-18-6(4-31-15)8(21-27)11(24)19-9-12(25)23-10(14(26)28)5(3-30-13(9)23)2-29-7-1-17-22-20-7/h1,4,9,13,27H,2-3H2,(H2,16,18)(H,19,24)(H,26,28)(H,17,20,22)/b21-8-/t9-,13-/m1/s1. The first-order chi connectivity index (χ1) is 14.9. The number of carbonyl (C=O) groups is 3. The summed E-state index contributed by atoms with van der Waals surface area (Å²) < 4.78 is 0. The second-order valence-corrected chi connectivity index (χ2v) is 9.63. The molecule has 2 aromatic heterocycles. The summed E-state index contributed by atoms with van der Waals surface area (Å²) in [7, 11) is 0. The molecule has 0 saturated carbocycles. The van der Waals surface area contributed by atoms with Crippen molar-refractivity contribution in [3.05, 3.63) is 28.5 Å². The molecule has 162 valence electrons. The number of thioether (sulfide) groups is 2. The van der Waals surface area contributed by atoms with Gasteiger partial charge in [-0.2, -0.15) is 10.3 Å². The van der Waals surface area contributed by atoms with Crippen LogP contribution in [0, 0.1) is 0 Å². The first kappa shape index (κ1) is 21.7. The molecule has 0 aromatic carbocycles. The molecule has 0 spiro atoms. The summed E-state index contributed by atoms with van der Waals surface area (Å²) in [4.78, 5) is 42.8. The molecule has 2 aliphatic rings. The van der Waals surface area contributed by atoms with Crippen LogP contribution in [0.5, 0.6) is 0 Å². The molecule has 4 rings (SSSR count). The van der Waals surface area contributed by atoms with Crippen LogP contribution < -0.4 is 11.1 Å². The van der Waals surface area contributed by atoms with Gasteiger partial charge in [0.2, 0.25) is 5.12 Å². The fourth-order valence-corrected chi connectivity index (χ4v) is 6.12. The van der Waals surface area contributed by atoms with Crippen molar-refractivity contribution in [3.8, 4) is 0 Å². The summed E-state index contributed by atoms with van der Waals surface area (Å²) in [5.41, 5.74) is 6.24. The van der Waals surface area contributed by atoms with Gasteiger partial charge in [-0.15, -0.1) is 28.2 Å². The Morgan fingerprint density at radius 1 is 1.52 bits per heavy atom. The molecule has 0 radical (unpaired) electrons. The number of carbonyl (C=O) groups excluding carboxylic acids is 3. The number of oxime groups is 1. The highest BCUT2D eigenvalue weighted by molar-refractivity contribution is 8.01. The number of fused-ring (bicyclic) bond motifs is 1. The molecule has 2 aromatic rings. The van der Waals surface area contributed by atoms with Crippen LogP contribution in [0.15, 0.2) is 33.0 Å². The van der Waals surface area contributed by atoms with E-state index in [0.29, 0.717) is 16.5 Å². The van der Waals surface area contributed by atoms with Crippen LogP contribution in [0.4, 0.5) is 5.13 Å². The maximum Gasteiger partial charge on any atom is 0.276 e. The summed E-state index contributed by atoms with van der Waals surface area (Å²) in [6.07, 6.45) is 1.56. The van der Waals surface area contributed by atoms with Crippen LogP contribution in [-0.2, 0) is 14.4 Å². The molecule has 4 heterocycles.